The summed E-state index contributed by atoms with van der Waals surface area (Å²) in [6, 6.07) is 0.113. The lowest BCUT2D eigenvalue weighted by molar-refractivity contribution is -0.136. The first-order valence-electron chi connectivity index (χ1n) is 5.27. The molecule has 1 aromatic rings. The molecule has 0 aliphatic carbocycles. The molecular formula is C10H16N4O3. The van der Waals surface area contributed by atoms with Gasteiger partial charge in [-0.15, -0.1) is 0 Å². The average molecular weight is 240 g/mol. The van der Waals surface area contributed by atoms with Crippen molar-refractivity contribution >= 4 is 17.7 Å². The lowest BCUT2D eigenvalue weighted by Gasteiger charge is -2.10. The monoisotopic (exact) mass is 240 g/mol. The van der Waals surface area contributed by atoms with Gasteiger partial charge in [-0.05, 0) is 20.3 Å². The summed E-state index contributed by atoms with van der Waals surface area (Å²) in [4.78, 5) is 28.6. The van der Waals surface area contributed by atoms with Gasteiger partial charge in [0.05, 0.1) is 5.56 Å². The molecule has 0 bridgehead atoms. The quantitative estimate of drug-likeness (QED) is 0.583. The molecule has 0 amide bonds. The van der Waals surface area contributed by atoms with Crippen LogP contribution in [0.5, 0.6) is 0 Å². The molecule has 0 atom stereocenters. The maximum absolute atomic E-state index is 11.6. The Morgan fingerprint density at radius 3 is 2.71 bits per heavy atom. The zero-order valence-electron chi connectivity index (χ0n) is 9.78. The summed E-state index contributed by atoms with van der Waals surface area (Å²) < 4.78 is 0. The number of hydrogen-bond acceptors (Lipinski definition) is 5. The van der Waals surface area contributed by atoms with Crippen LogP contribution in [0.3, 0.4) is 0 Å². The minimum Gasteiger partial charge on any atom is -0.481 e. The summed E-state index contributed by atoms with van der Waals surface area (Å²) in [5.74, 6) is -0.618. The third kappa shape index (κ3) is 3.78. The smallest absolute Gasteiger partial charge is 0.303 e. The van der Waals surface area contributed by atoms with Crippen molar-refractivity contribution < 1.29 is 9.90 Å². The number of hydrogen-bond donors (Lipinski definition) is 4. The summed E-state index contributed by atoms with van der Waals surface area (Å²) in [6.45, 7) is 3.79. The van der Waals surface area contributed by atoms with E-state index in [0.29, 0.717) is 5.95 Å². The highest BCUT2D eigenvalue weighted by Crippen LogP contribution is 2.08. The Labute approximate surface area is 98.1 Å². The van der Waals surface area contributed by atoms with Crippen molar-refractivity contribution in [3.8, 4) is 0 Å². The topological polar surface area (TPSA) is 121 Å². The highest BCUT2D eigenvalue weighted by Gasteiger charge is 2.11. The van der Waals surface area contributed by atoms with E-state index in [4.69, 9.17) is 10.8 Å². The third-order valence-electron chi connectivity index (χ3n) is 2.06. The fourth-order valence-corrected chi connectivity index (χ4v) is 1.33. The Hall–Kier alpha value is -2.05. The van der Waals surface area contributed by atoms with Gasteiger partial charge in [-0.25, -0.2) is 0 Å². The first-order chi connectivity index (χ1) is 7.90. The maximum atomic E-state index is 11.6. The lowest BCUT2D eigenvalue weighted by atomic mass is 10.2. The number of rotatable bonds is 5. The van der Waals surface area contributed by atoms with Crippen molar-refractivity contribution in [2.24, 2.45) is 0 Å². The second-order valence-electron chi connectivity index (χ2n) is 3.97. The fraction of sp³-hybridized carbons (Fsp3) is 0.500. The van der Waals surface area contributed by atoms with Crippen molar-refractivity contribution in [1.29, 1.82) is 0 Å². The molecule has 1 rings (SSSR count). The summed E-state index contributed by atoms with van der Waals surface area (Å²) in [7, 11) is 0. The Kier molecular flexibility index (Phi) is 4.08. The van der Waals surface area contributed by atoms with Crippen LogP contribution in [-0.4, -0.2) is 27.1 Å². The molecular weight excluding hydrogens is 224 g/mol. The molecule has 0 fully saturated rings. The van der Waals surface area contributed by atoms with Gasteiger partial charge in [0.2, 0.25) is 5.95 Å². The zero-order valence-corrected chi connectivity index (χ0v) is 9.78. The van der Waals surface area contributed by atoms with Crippen LogP contribution in [0.15, 0.2) is 4.79 Å². The predicted octanol–water partition coefficient (Wildman–Crippen LogP) is 0.190. The van der Waals surface area contributed by atoms with Gasteiger partial charge in [0.1, 0.15) is 5.82 Å². The van der Waals surface area contributed by atoms with Crippen LogP contribution < -0.4 is 16.6 Å². The molecule has 0 aliphatic heterocycles. The predicted molar refractivity (Wildman–Crippen MR) is 64.0 cm³/mol. The number of nitrogens with two attached hydrogens (primary N) is 1. The highest BCUT2D eigenvalue weighted by atomic mass is 16.4. The molecule has 0 aliphatic rings. The molecule has 0 unspecified atom stereocenters. The van der Waals surface area contributed by atoms with E-state index in [0.717, 1.165) is 0 Å². The number of nitrogen functional groups attached to an aromatic ring is 1. The van der Waals surface area contributed by atoms with Gasteiger partial charge in [0.25, 0.3) is 5.56 Å². The molecule has 0 spiro atoms. The first-order valence-corrected chi connectivity index (χ1v) is 5.27. The number of aromatic amines is 1. The molecule has 0 saturated heterocycles. The standard InChI is InChI=1S/C10H16N4O3/c1-5(2)12-10-13-8(11)6(9(17)14-10)3-4-7(15)16/h5H,3-4H2,1-2H3,(H,15,16)(H4,11,12,13,14,17). The number of H-pyrrole nitrogens is 1. The molecule has 7 heteroatoms. The van der Waals surface area contributed by atoms with E-state index >= 15 is 0 Å². The first kappa shape index (κ1) is 13.0. The lowest BCUT2D eigenvalue weighted by Crippen LogP contribution is -2.22. The van der Waals surface area contributed by atoms with Crippen molar-refractivity contribution in [2.45, 2.75) is 32.7 Å². The van der Waals surface area contributed by atoms with E-state index in [1.165, 1.54) is 0 Å². The van der Waals surface area contributed by atoms with Gasteiger partial charge in [-0.3, -0.25) is 14.6 Å². The van der Waals surface area contributed by atoms with Gasteiger partial charge in [-0.1, -0.05) is 0 Å². The van der Waals surface area contributed by atoms with Gasteiger partial charge >= 0.3 is 5.97 Å². The van der Waals surface area contributed by atoms with E-state index in [9.17, 15) is 9.59 Å². The number of nitrogens with zero attached hydrogens (tertiary/aromatic N) is 1. The van der Waals surface area contributed by atoms with E-state index in [1.54, 1.807) is 0 Å². The van der Waals surface area contributed by atoms with Gasteiger partial charge in [0, 0.05) is 12.5 Å². The average Bonchev–Trinajstić information content (AvgIpc) is 2.14. The Morgan fingerprint density at radius 1 is 1.59 bits per heavy atom. The number of aliphatic carboxylic acids is 1. The molecule has 0 radical (unpaired) electrons. The molecule has 1 aromatic heterocycles. The van der Waals surface area contributed by atoms with Gasteiger partial charge in [-0.2, -0.15) is 4.98 Å². The summed E-state index contributed by atoms with van der Waals surface area (Å²) in [5.41, 5.74) is 5.43. The number of aromatic nitrogens is 2. The molecule has 0 aromatic carbocycles. The Morgan fingerprint density at radius 2 is 2.24 bits per heavy atom. The summed E-state index contributed by atoms with van der Waals surface area (Å²) in [5, 5.41) is 11.5. The summed E-state index contributed by atoms with van der Waals surface area (Å²) in [6.07, 6.45) is -0.0720. The van der Waals surface area contributed by atoms with Crippen LogP contribution in [0.4, 0.5) is 11.8 Å². The van der Waals surface area contributed by atoms with Crippen LogP contribution >= 0.6 is 0 Å². The maximum Gasteiger partial charge on any atom is 0.303 e. The number of carbonyl (C=O) groups is 1. The van der Waals surface area contributed by atoms with Crippen molar-refractivity contribution in [1.82, 2.24) is 9.97 Å². The molecule has 7 nitrogen and oxygen atoms in total. The molecule has 0 saturated carbocycles. The normalized spacial score (nSPS) is 10.5. The van der Waals surface area contributed by atoms with Crippen molar-refractivity contribution in [2.75, 3.05) is 11.1 Å². The van der Waals surface area contributed by atoms with E-state index < -0.39 is 11.5 Å². The molecule has 17 heavy (non-hydrogen) atoms. The van der Waals surface area contributed by atoms with E-state index in [-0.39, 0.29) is 30.3 Å². The van der Waals surface area contributed by atoms with E-state index in [1.807, 2.05) is 13.8 Å². The number of carboxylic acid groups (broad SMARTS) is 1. The second-order valence-corrected chi connectivity index (χ2v) is 3.97. The SMILES string of the molecule is CC(C)Nc1nc(N)c(CCC(=O)O)c(=O)[nH]1. The van der Waals surface area contributed by atoms with Crippen LogP contribution in [0.1, 0.15) is 25.8 Å². The Balaban J connectivity index is 2.94. The molecule has 94 valence electrons. The van der Waals surface area contributed by atoms with Crippen LogP contribution in [0, 0.1) is 0 Å². The van der Waals surface area contributed by atoms with Crippen LogP contribution in [0.25, 0.3) is 0 Å². The highest BCUT2D eigenvalue weighted by molar-refractivity contribution is 5.67. The number of nitrogens with one attached hydrogen (secondary N) is 2. The third-order valence-corrected chi connectivity index (χ3v) is 2.06. The van der Waals surface area contributed by atoms with Gasteiger partial charge in [0.15, 0.2) is 0 Å². The molecule has 5 N–H and O–H groups in total. The van der Waals surface area contributed by atoms with E-state index in [2.05, 4.69) is 15.3 Å². The minimum atomic E-state index is -0.979. The zero-order chi connectivity index (χ0) is 13.0. The fourth-order valence-electron chi connectivity index (χ4n) is 1.33. The molecule has 1 heterocycles. The number of carboxylic acids is 1. The van der Waals surface area contributed by atoms with Crippen LogP contribution in [0.2, 0.25) is 0 Å². The largest absolute Gasteiger partial charge is 0.481 e. The van der Waals surface area contributed by atoms with Crippen molar-refractivity contribution in [3.63, 3.8) is 0 Å². The van der Waals surface area contributed by atoms with Crippen molar-refractivity contribution in [3.05, 3.63) is 15.9 Å². The van der Waals surface area contributed by atoms with Crippen LogP contribution in [-0.2, 0) is 11.2 Å². The number of anilines is 2. The van der Waals surface area contributed by atoms with Gasteiger partial charge < -0.3 is 16.2 Å². The second kappa shape index (κ2) is 5.33. The Bertz CT molecular complexity index is 467. The summed E-state index contributed by atoms with van der Waals surface area (Å²) >= 11 is 0. The minimum absolute atomic E-state index is 0.0677.